The Labute approximate surface area is 143 Å². The molecule has 2 heterocycles. The number of benzene rings is 1. The number of halogens is 3. The number of nitrogen functional groups attached to an aromatic ring is 1. The molecule has 1 amide bonds. The van der Waals surface area contributed by atoms with Gasteiger partial charge in [0, 0.05) is 23.9 Å². The lowest BCUT2D eigenvalue weighted by Gasteiger charge is -2.07. The quantitative estimate of drug-likeness (QED) is 0.607. The molecule has 1 aliphatic rings. The van der Waals surface area contributed by atoms with Gasteiger partial charge in [-0.15, -0.1) is 10.2 Å². The van der Waals surface area contributed by atoms with Gasteiger partial charge in [0.05, 0.1) is 0 Å². The van der Waals surface area contributed by atoms with Crippen LogP contribution in [0.1, 0.15) is 12.2 Å². The smallest absolute Gasteiger partial charge is 0.453 e. The van der Waals surface area contributed by atoms with Crippen LogP contribution in [0, 0.1) is 0 Å². The van der Waals surface area contributed by atoms with Crippen LogP contribution in [-0.4, -0.2) is 33.3 Å². The maximum absolute atomic E-state index is 12.6. The minimum atomic E-state index is -4.68. The molecule has 2 aromatic rings. The fourth-order valence-corrected chi connectivity index (χ4v) is 2.80. The second-order valence-electron chi connectivity index (χ2n) is 4.89. The molecule has 0 aliphatic carbocycles. The first-order valence-electron chi connectivity index (χ1n) is 6.94. The second kappa shape index (κ2) is 6.70. The number of amides is 1. The predicted octanol–water partition coefficient (Wildman–Crippen LogP) is 1.86. The van der Waals surface area contributed by atoms with Crippen LogP contribution in [0.15, 0.2) is 23.4 Å². The van der Waals surface area contributed by atoms with Gasteiger partial charge in [-0.2, -0.15) is 13.2 Å². The third-order valence-electron chi connectivity index (χ3n) is 3.13. The van der Waals surface area contributed by atoms with Crippen molar-refractivity contribution in [1.29, 1.82) is 0 Å². The topological polar surface area (TPSA) is 104 Å². The van der Waals surface area contributed by atoms with E-state index in [1.54, 1.807) is 18.2 Å². The summed E-state index contributed by atoms with van der Waals surface area (Å²) in [5, 5.41) is 8.91. The number of nitrogens with two attached hydrogens (primary N) is 1. The summed E-state index contributed by atoms with van der Waals surface area (Å²) in [6.07, 6.45) is -4.63. The van der Waals surface area contributed by atoms with Crippen molar-refractivity contribution in [2.45, 2.75) is 17.8 Å². The van der Waals surface area contributed by atoms with Gasteiger partial charge in [-0.3, -0.25) is 4.79 Å². The molecule has 0 fully saturated rings. The molecule has 134 valence electrons. The van der Waals surface area contributed by atoms with E-state index in [9.17, 15) is 18.0 Å². The average molecular weight is 375 g/mol. The van der Waals surface area contributed by atoms with Crippen LogP contribution in [0.3, 0.4) is 0 Å². The summed E-state index contributed by atoms with van der Waals surface area (Å²) in [7, 11) is 0. The average Bonchev–Trinajstić information content (AvgIpc) is 3.13. The first-order chi connectivity index (χ1) is 11.8. The number of nitrogens with zero attached hydrogens (tertiary/aromatic N) is 3. The number of anilines is 1. The zero-order chi connectivity index (χ0) is 18.0. The summed E-state index contributed by atoms with van der Waals surface area (Å²) in [6.45, 7) is 0.128. The summed E-state index contributed by atoms with van der Waals surface area (Å²) >= 11 is 0.902. The normalized spacial score (nSPS) is 13.1. The van der Waals surface area contributed by atoms with Crippen molar-refractivity contribution in [3.8, 4) is 11.5 Å². The number of carbonyl (C=O) groups excluding carboxylic acids is 1. The highest BCUT2D eigenvalue weighted by atomic mass is 32.2. The summed E-state index contributed by atoms with van der Waals surface area (Å²) in [5.41, 5.74) is 0.528. The van der Waals surface area contributed by atoms with E-state index in [4.69, 9.17) is 15.3 Å². The van der Waals surface area contributed by atoms with Crippen molar-refractivity contribution in [1.82, 2.24) is 14.9 Å². The van der Waals surface area contributed by atoms with Crippen molar-refractivity contribution in [2.75, 3.05) is 23.7 Å². The molecule has 1 aromatic heterocycles. The number of aromatic nitrogens is 3. The van der Waals surface area contributed by atoms with Crippen LogP contribution < -0.4 is 20.6 Å². The highest BCUT2D eigenvalue weighted by molar-refractivity contribution is 7.99. The van der Waals surface area contributed by atoms with Gasteiger partial charge in [-0.1, -0.05) is 11.8 Å². The van der Waals surface area contributed by atoms with Crippen LogP contribution in [0.2, 0.25) is 0 Å². The van der Waals surface area contributed by atoms with E-state index < -0.39 is 12.0 Å². The van der Waals surface area contributed by atoms with Crippen molar-refractivity contribution < 1.29 is 27.4 Å². The number of carbonyl (C=O) groups is 1. The van der Waals surface area contributed by atoms with Crippen LogP contribution in [0.4, 0.5) is 18.9 Å². The Morgan fingerprint density at radius 1 is 1.32 bits per heavy atom. The van der Waals surface area contributed by atoms with E-state index in [2.05, 4.69) is 15.5 Å². The highest BCUT2D eigenvalue weighted by Gasteiger charge is 2.38. The van der Waals surface area contributed by atoms with Gasteiger partial charge >= 0.3 is 6.18 Å². The third-order valence-corrected chi connectivity index (χ3v) is 4.08. The summed E-state index contributed by atoms with van der Waals surface area (Å²) < 4.78 is 48.4. The van der Waals surface area contributed by atoms with Gasteiger partial charge < -0.3 is 20.6 Å². The van der Waals surface area contributed by atoms with E-state index >= 15 is 0 Å². The Morgan fingerprint density at radius 2 is 2.08 bits per heavy atom. The first kappa shape index (κ1) is 17.2. The number of alkyl halides is 3. The standard InChI is InChI=1S/C13H12F3N5O3S/c14-13(15,16)11-19-20-12(21(11)17)25-4-3-10(22)18-7-1-2-8-9(5-7)24-6-23-8/h1-2,5H,3-4,6,17H2,(H,18,22). The fraction of sp³-hybridized carbons (Fsp3) is 0.308. The molecule has 0 saturated carbocycles. The van der Waals surface area contributed by atoms with Gasteiger partial charge in [-0.25, -0.2) is 4.68 Å². The van der Waals surface area contributed by atoms with Crippen LogP contribution in [0.5, 0.6) is 11.5 Å². The zero-order valence-corrected chi connectivity index (χ0v) is 13.4. The Bertz CT molecular complexity index is 796. The lowest BCUT2D eigenvalue weighted by molar-refractivity contribution is -0.146. The Hall–Kier alpha value is -2.63. The molecular formula is C13H12F3N5O3S. The molecule has 0 spiro atoms. The van der Waals surface area contributed by atoms with Crippen molar-refractivity contribution in [3.05, 3.63) is 24.0 Å². The molecule has 0 bridgehead atoms. The van der Waals surface area contributed by atoms with Crippen LogP contribution >= 0.6 is 11.8 Å². The molecule has 3 N–H and O–H groups in total. The van der Waals surface area contributed by atoms with Gasteiger partial charge in [0.1, 0.15) is 0 Å². The third kappa shape index (κ3) is 3.90. The number of rotatable bonds is 5. The van der Waals surface area contributed by atoms with E-state index in [1.807, 2.05) is 0 Å². The maximum Gasteiger partial charge on any atom is 0.453 e. The molecule has 1 aliphatic heterocycles. The van der Waals surface area contributed by atoms with Gasteiger partial charge in [-0.05, 0) is 12.1 Å². The lowest BCUT2D eigenvalue weighted by atomic mass is 10.2. The van der Waals surface area contributed by atoms with E-state index in [1.165, 1.54) is 0 Å². The number of thioether (sulfide) groups is 1. The SMILES string of the molecule is Nn1c(SCCC(=O)Nc2ccc3c(c2)OCO3)nnc1C(F)(F)F. The van der Waals surface area contributed by atoms with E-state index in [0.717, 1.165) is 11.8 Å². The fourth-order valence-electron chi connectivity index (χ4n) is 2.00. The van der Waals surface area contributed by atoms with Gasteiger partial charge in [0.25, 0.3) is 5.82 Å². The first-order valence-corrected chi connectivity index (χ1v) is 7.93. The Morgan fingerprint density at radius 3 is 2.80 bits per heavy atom. The Balaban J connectivity index is 1.51. The zero-order valence-electron chi connectivity index (χ0n) is 12.5. The minimum Gasteiger partial charge on any atom is -0.454 e. The minimum absolute atomic E-state index is 0.0489. The van der Waals surface area contributed by atoms with E-state index in [-0.39, 0.29) is 30.0 Å². The summed E-state index contributed by atoms with van der Waals surface area (Å²) in [4.78, 5) is 11.9. The molecule has 0 atom stereocenters. The van der Waals surface area contributed by atoms with Crippen molar-refractivity contribution in [2.24, 2.45) is 0 Å². The molecule has 12 heteroatoms. The number of nitrogens with one attached hydrogen (secondary N) is 1. The summed E-state index contributed by atoms with van der Waals surface area (Å²) in [5.74, 6) is 5.01. The summed E-state index contributed by atoms with van der Waals surface area (Å²) in [6, 6.07) is 4.95. The van der Waals surface area contributed by atoms with Crippen molar-refractivity contribution >= 4 is 23.4 Å². The molecule has 0 saturated heterocycles. The monoisotopic (exact) mass is 375 g/mol. The maximum atomic E-state index is 12.6. The molecule has 0 unspecified atom stereocenters. The lowest BCUT2D eigenvalue weighted by Crippen LogP contribution is -2.21. The molecule has 25 heavy (non-hydrogen) atoms. The molecule has 1 aromatic carbocycles. The number of ether oxygens (including phenoxy) is 2. The molecule has 0 radical (unpaired) electrons. The molecular weight excluding hydrogens is 363 g/mol. The number of hydrogen-bond donors (Lipinski definition) is 2. The van der Waals surface area contributed by atoms with Crippen LogP contribution in [0.25, 0.3) is 0 Å². The van der Waals surface area contributed by atoms with Crippen LogP contribution in [-0.2, 0) is 11.0 Å². The number of hydrogen-bond acceptors (Lipinski definition) is 7. The second-order valence-corrected chi connectivity index (χ2v) is 5.95. The number of fused-ring (bicyclic) bond motifs is 1. The van der Waals surface area contributed by atoms with Crippen molar-refractivity contribution in [3.63, 3.8) is 0 Å². The molecule has 3 rings (SSSR count). The van der Waals surface area contributed by atoms with Gasteiger partial charge in [0.2, 0.25) is 17.9 Å². The van der Waals surface area contributed by atoms with E-state index in [0.29, 0.717) is 21.9 Å². The highest BCUT2D eigenvalue weighted by Crippen LogP contribution is 2.34. The van der Waals surface area contributed by atoms with Gasteiger partial charge in [0.15, 0.2) is 11.5 Å². The molecule has 8 nitrogen and oxygen atoms in total. The predicted molar refractivity (Wildman–Crippen MR) is 81.7 cm³/mol. The largest absolute Gasteiger partial charge is 0.454 e. The Kier molecular flexibility index (Phi) is 4.61.